The lowest BCUT2D eigenvalue weighted by atomic mass is 10.0. The molecule has 2 heterocycles. The maximum atomic E-state index is 10.4. The molecule has 4 heteroatoms. The van der Waals surface area contributed by atoms with Gasteiger partial charge in [0.05, 0.1) is 12.7 Å². The number of hydrogen-bond acceptors (Lipinski definition) is 4. The van der Waals surface area contributed by atoms with Crippen molar-refractivity contribution in [2.75, 3.05) is 6.54 Å². The molecule has 0 saturated carbocycles. The van der Waals surface area contributed by atoms with Gasteiger partial charge >= 0.3 is 0 Å². The Kier molecular flexibility index (Phi) is 5.26. The summed E-state index contributed by atoms with van der Waals surface area (Å²) in [5.41, 5.74) is 2.23. The van der Waals surface area contributed by atoms with Gasteiger partial charge in [-0.25, -0.2) is 0 Å². The fraction of sp³-hybridized carbons (Fsp3) is 0.444. The molecule has 0 spiro atoms. The Balaban J connectivity index is 1.60. The van der Waals surface area contributed by atoms with Crippen LogP contribution in [0, 0.1) is 0 Å². The Morgan fingerprint density at radius 2 is 1.95 bits per heavy atom. The summed E-state index contributed by atoms with van der Waals surface area (Å²) in [7, 11) is 0. The molecule has 0 radical (unpaired) electrons. The number of aliphatic hydroxyl groups excluding tert-OH is 2. The smallest absolute Gasteiger partial charge is 0.0896 e. The molecule has 3 rings (SSSR count). The Morgan fingerprint density at radius 1 is 1.18 bits per heavy atom. The van der Waals surface area contributed by atoms with Crippen molar-refractivity contribution < 1.29 is 10.2 Å². The minimum Gasteiger partial charge on any atom is -0.392 e. The van der Waals surface area contributed by atoms with Crippen LogP contribution in [-0.2, 0) is 13.2 Å². The van der Waals surface area contributed by atoms with Gasteiger partial charge < -0.3 is 10.2 Å². The van der Waals surface area contributed by atoms with E-state index in [4.69, 9.17) is 5.11 Å². The maximum Gasteiger partial charge on any atom is 0.0896 e. The van der Waals surface area contributed by atoms with Gasteiger partial charge in [-0.15, -0.1) is 11.3 Å². The van der Waals surface area contributed by atoms with Crippen molar-refractivity contribution in [2.24, 2.45) is 0 Å². The van der Waals surface area contributed by atoms with Crippen molar-refractivity contribution in [3.8, 4) is 0 Å². The van der Waals surface area contributed by atoms with Crippen molar-refractivity contribution >= 4 is 11.3 Å². The van der Waals surface area contributed by atoms with Gasteiger partial charge in [0.15, 0.2) is 0 Å². The van der Waals surface area contributed by atoms with Gasteiger partial charge in [0, 0.05) is 17.5 Å². The van der Waals surface area contributed by atoms with E-state index >= 15 is 0 Å². The molecule has 1 fully saturated rings. The van der Waals surface area contributed by atoms with Crippen molar-refractivity contribution in [1.82, 2.24) is 4.90 Å². The SMILES string of the molecule is OCc1ccc(CN2CCC[C@H]2C[C@H](O)c2cccs2)cc1. The molecule has 1 aromatic heterocycles. The summed E-state index contributed by atoms with van der Waals surface area (Å²) in [6, 6.07) is 12.6. The van der Waals surface area contributed by atoms with Gasteiger partial charge in [0.1, 0.15) is 0 Å². The van der Waals surface area contributed by atoms with Crippen LogP contribution in [-0.4, -0.2) is 27.7 Å². The standard InChI is InChI=1S/C18H23NO2S/c20-13-15-7-5-14(6-8-15)12-19-9-1-3-16(19)11-17(21)18-4-2-10-22-18/h2,4-8,10,16-17,20-21H,1,3,9,11-13H2/t16-,17-/m0/s1. The lowest BCUT2D eigenvalue weighted by Gasteiger charge is -2.26. The molecule has 118 valence electrons. The van der Waals surface area contributed by atoms with Gasteiger partial charge in [0.25, 0.3) is 0 Å². The third-order valence-electron chi connectivity index (χ3n) is 4.46. The topological polar surface area (TPSA) is 43.7 Å². The highest BCUT2D eigenvalue weighted by molar-refractivity contribution is 7.10. The summed E-state index contributed by atoms with van der Waals surface area (Å²) in [6.07, 6.45) is 2.84. The van der Waals surface area contributed by atoms with Crippen LogP contribution in [0.2, 0.25) is 0 Å². The Bertz CT molecular complexity index is 567. The fourth-order valence-corrected chi connectivity index (χ4v) is 3.93. The third-order valence-corrected chi connectivity index (χ3v) is 5.43. The largest absolute Gasteiger partial charge is 0.392 e. The Morgan fingerprint density at radius 3 is 2.64 bits per heavy atom. The summed E-state index contributed by atoms with van der Waals surface area (Å²) in [6.45, 7) is 2.12. The first-order chi connectivity index (χ1) is 10.8. The van der Waals surface area contributed by atoms with Crippen LogP contribution in [0.5, 0.6) is 0 Å². The first kappa shape index (κ1) is 15.7. The zero-order valence-corrected chi connectivity index (χ0v) is 13.5. The van der Waals surface area contributed by atoms with Crippen LogP contribution in [0.4, 0.5) is 0 Å². The van der Waals surface area contributed by atoms with E-state index in [1.807, 2.05) is 29.6 Å². The minimum absolute atomic E-state index is 0.0969. The van der Waals surface area contributed by atoms with E-state index in [1.165, 1.54) is 12.0 Å². The summed E-state index contributed by atoms with van der Waals surface area (Å²) < 4.78 is 0. The molecule has 0 bridgehead atoms. The van der Waals surface area contributed by atoms with E-state index in [1.54, 1.807) is 11.3 Å². The van der Waals surface area contributed by atoms with E-state index in [0.29, 0.717) is 6.04 Å². The average molecular weight is 317 g/mol. The van der Waals surface area contributed by atoms with Gasteiger partial charge in [-0.05, 0) is 48.4 Å². The highest BCUT2D eigenvalue weighted by Crippen LogP contribution is 2.30. The first-order valence-electron chi connectivity index (χ1n) is 7.90. The highest BCUT2D eigenvalue weighted by Gasteiger charge is 2.27. The van der Waals surface area contributed by atoms with Gasteiger partial charge in [-0.3, -0.25) is 4.90 Å². The van der Waals surface area contributed by atoms with Gasteiger partial charge in [-0.2, -0.15) is 0 Å². The molecule has 0 unspecified atom stereocenters. The van der Waals surface area contributed by atoms with Crippen molar-refractivity contribution in [1.29, 1.82) is 0 Å². The lowest BCUT2D eigenvalue weighted by Crippen LogP contribution is -2.30. The molecule has 22 heavy (non-hydrogen) atoms. The average Bonchev–Trinajstić information content (AvgIpc) is 3.20. The molecule has 2 N–H and O–H groups in total. The normalized spacial score (nSPS) is 20.4. The number of benzene rings is 1. The molecule has 1 aliphatic heterocycles. The minimum atomic E-state index is -0.345. The lowest BCUT2D eigenvalue weighted by molar-refractivity contribution is 0.120. The molecular weight excluding hydrogens is 294 g/mol. The predicted octanol–water partition coefficient (Wildman–Crippen LogP) is 3.33. The van der Waals surface area contributed by atoms with E-state index in [-0.39, 0.29) is 12.7 Å². The monoisotopic (exact) mass is 317 g/mol. The molecule has 3 nitrogen and oxygen atoms in total. The van der Waals surface area contributed by atoms with E-state index < -0.39 is 0 Å². The molecule has 2 aromatic rings. The first-order valence-corrected chi connectivity index (χ1v) is 8.78. The molecule has 1 aromatic carbocycles. The van der Waals surface area contributed by atoms with Crippen LogP contribution in [0.1, 0.15) is 41.4 Å². The Labute approximate surface area is 135 Å². The van der Waals surface area contributed by atoms with Crippen molar-refractivity contribution in [2.45, 2.75) is 44.6 Å². The number of nitrogens with zero attached hydrogens (tertiary/aromatic N) is 1. The summed E-state index contributed by atoms with van der Waals surface area (Å²) in [5.74, 6) is 0. The molecule has 1 saturated heterocycles. The zero-order chi connectivity index (χ0) is 15.4. The molecule has 2 atom stereocenters. The van der Waals surface area contributed by atoms with Crippen LogP contribution in [0.3, 0.4) is 0 Å². The summed E-state index contributed by atoms with van der Waals surface area (Å²) in [4.78, 5) is 3.55. The number of hydrogen-bond donors (Lipinski definition) is 2. The number of likely N-dealkylation sites (tertiary alicyclic amines) is 1. The van der Waals surface area contributed by atoms with Crippen LogP contribution >= 0.6 is 11.3 Å². The number of thiophene rings is 1. The van der Waals surface area contributed by atoms with E-state index in [9.17, 15) is 5.11 Å². The number of aliphatic hydroxyl groups is 2. The highest BCUT2D eigenvalue weighted by atomic mass is 32.1. The Hall–Kier alpha value is -1.20. The summed E-state index contributed by atoms with van der Waals surface area (Å²) in [5, 5.41) is 21.5. The van der Waals surface area contributed by atoms with Crippen LogP contribution in [0.15, 0.2) is 41.8 Å². The number of rotatable bonds is 6. The molecule has 0 aliphatic carbocycles. The zero-order valence-electron chi connectivity index (χ0n) is 12.7. The second kappa shape index (κ2) is 7.38. The van der Waals surface area contributed by atoms with Crippen molar-refractivity contribution in [3.63, 3.8) is 0 Å². The molecule has 1 aliphatic rings. The summed E-state index contributed by atoms with van der Waals surface area (Å²) >= 11 is 1.63. The second-order valence-corrected chi connectivity index (χ2v) is 6.99. The quantitative estimate of drug-likeness (QED) is 0.859. The third kappa shape index (κ3) is 3.76. The van der Waals surface area contributed by atoms with Crippen LogP contribution < -0.4 is 0 Å². The fourth-order valence-electron chi connectivity index (χ4n) is 3.21. The van der Waals surface area contributed by atoms with E-state index in [0.717, 1.165) is 36.4 Å². The van der Waals surface area contributed by atoms with Gasteiger partial charge in [-0.1, -0.05) is 30.3 Å². The van der Waals surface area contributed by atoms with Crippen molar-refractivity contribution in [3.05, 3.63) is 57.8 Å². The predicted molar refractivity (Wildman–Crippen MR) is 89.7 cm³/mol. The van der Waals surface area contributed by atoms with E-state index in [2.05, 4.69) is 17.0 Å². The molecular formula is C18H23NO2S. The molecule has 0 amide bonds. The maximum absolute atomic E-state index is 10.4. The second-order valence-electron chi connectivity index (χ2n) is 6.01. The van der Waals surface area contributed by atoms with Gasteiger partial charge in [0.2, 0.25) is 0 Å². The van der Waals surface area contributed by atoms with Crippen LogP contribution in [0.25, 0.3) is 0 Å².